The molecule has 5 nitrogen and oxygen atoms in total. The molecule has 0 unspecified atom stereocenters. The van der Waals surface area contributed by atoms with E-state index in [1.807, 2.05) is 0 Å². The van der Waals surface area contributed by atoms with Crippen molar-refractivity contribution in [3.63, 3.8) is 0 Å². The molecule has 1 aromatic rings. The first-order chi connectivity index (χ1) is 7.14. The highest BCUT2D eigenvalue weighted by Crippen LogP contribution is 2.19. The molecule has 1 rings (SSSR count). The number of methoxy groups -OCH3 is 2. The van der Waals surface area contributed by atoms with Gasteiger partial charge in [-0.3, -0.25) is 0 Å². The number of carbonyl (C=O) groups is 1. The lowest BCUT2D eigenvalue weighted by molar-refractivity contribution is -0.309. The van der Waals surface area contributed by atoms with Gasteiger partial charge in [0.05, 0.1) is 0 Å². The van der Waals surface area contributed by atoms with Gasteiger partial charge in [0, 0.05) is 14.2 Å². The summed E-state index contributed by atoms with van der Waals surface area (Å²) in [5.74, 6) is -3.10. The predicted octanol–water partition coefficient (Wildman–Crippen LogP) is 1.10. The van der Waals surface area contributed by atoms with Crippen LogP contribution in [0.5, 0.6) is 5.75 Å². The van der Waals surface area contributed by atoms with Crippen LogP contribution >= 0.6 is 0 Å². The van der Waals surface area contributed by atoms with E-state index in [9.17, 15) is 4.79 Å². The second kappa shape index (κ2) is 4.77. The summed E-state index contributed by atoms with van der Waals surface area (Å²) in [5, 5.41) is 8.91. The standard InChI is InChI=1S/C10H12O5/c1-13-10(14-2,9(11)12)15-8-6-4-3-5-7-8/h3-7H,1-2H3,(H,11,12). The lowest BCUT2D eigenvalue weighted by Gasteiger charge is -2.25. The molecule has 0 heterocycles. The first-order valence-electron chi connectivity index (χ1n) is 4.22. The maximum Gasteiger partial charge on any atom is 0.431 e. The fourth-order valence-corrected chi connectivity index (χ4v) is 1.03. The van der Waals surface area contributed by atoms with E-state index in [4.69, 9.17) is 19.3 Å². The molecule has 0 amide bonds. The van der Waals surface area contributed by atoms with Crippen LogP contribution in [0.4, 0.5) is 0 Å². The van der Waals surface area contributed by atoms with E-state index in [1.165, 1.54) is 14.2 Å². The van der Waals surface area contributed by atoms with Gasteiger partial charge in [0.1, 0.15) is 5.75 Å². The third kappa shape index (κ3) is 2.45. The van der Waals surface area contributed by atoms with Gasteiger partial charge in [-0.05, 0) is 12.1 Å². The molecule has 0 fully saturated rings. The molecule has 0 saturated carbocycles. The van der Waals surface area contributed by atoms with E-state index in [0.29, 0.717) is 5.75 Å². The normalized spacial score (nSPS) is 11.1. The van der Waals surface area contributed by atoms with Crippen molar-refractivity contribution in [2.45, 2.75) is 5.97 Å². The van der Waals surface area contributed by atoms with Crippen molar-refractivity contribution in [3.05, 3.63) is 30.3 Å². The maximum atomic E-state index is 10.9. The van der Waals surface area contributed by atoms with Crippen LogP contribution < -0.4 is 4.74 Å². The van der Waals surface area contributed by atoms with Crippen molar-refractivity contribution in [2.24, 2.45) is 0 Å². The second-order valence-electron chi connectivity index (χ2n) is 2.68. The summed E-state index contributed by atoms with van der Waals surface area (Å²) in [6.45, 7) is 0. The summed E-state index contributed by atoms with van der Waals surface area (Å²) in [6, 6.07) is 8.43. The average molecular weight is 212 g/mol. The van der Waals surface area contributed by atoms with Crippen molar-refractivity contribution in [3.8, 4) is 5.75 Å². The van der Waals surface area contributed by atoms with Crippen molar-refractivity contribution in [1.82, 2.24) is 0 Å². The second-order valence-corrected chi connectivity index (χ2v) is 2.68. The molecule has 0 saturated heterocycles. The molecular weight excluding hydrogens is 200 g/mol. The zero-order valence-corrected chi connectivity index (χ0v) is 8.47. The van der Waals surface area contributed by atoms with Crippen LogP contribution in [-0.2, 0) is 14.3 Å². The van der Waals surface area contributed by atoms with Crippen LogP contribution in [0.25, 0.3) is 0 Å². The van der Waals surface area contributed by atoms with Crippen molar-refractivity contribution >= 4 is 5.97 Å². The summed E-state index contributed by atoms with van der Waals surface area (Å²) in [7, 11) is 2.39. The predicted molar refractivity (Wildman–Crippen MR) is 51.5 cm³/mol. The molecule has 0 aliphatic rings. The Morgan fingerprint density at radius 1 is 1.20 bits per heavy atom. The molecule has 0 aliphatic heterocycles. The fraction of sp³-hybridized carbons (Fsp3) is 0.300. The summed E-state index contributed by atoms with van der Waals surface area (Å²) in [6.07, 6.45) is 0. The van der Waals surface area contributed by atoms with E-state index in [-0.39, 0.29) is 0 Å². The summed E-state index contributed by atoms with van der Waals surface area (Å²) < 4.78 is 14.5. The number of carboxylic acids is 1. The smallest absolute Gasteiger partial charge is 0.431 e. The van der Waals surface area contributed by atoms with Gasteiger partial charge in [0.2, 0.25) is 0 Å². The maximum absolute atomic E-state index is 10.9. The van der Waals surface area contributed by atoms with Crippen molar-refractivity contribution in [2.75, 3.05) is 14.2 Å². The average Bonchev–Trinajstić information content (AvgIpc) is 2.27. The topological polar surface area (TPSA) is 65.0 Å². The van der Waals surface area contributed by atoms with Gasteiger partial charge in [0.15, 0.2) is 0 Å². The summed E-state index contributed by atoms with van der Waals surface area (Å²) >= 11 is 0. The SMILES string of the molecule is COC(OC)(Oc1ccccc1)C(=O)O. The number of rotatable bonds is 5. The molecule has 0 bridgehead atoms. The van der Waals surface area contributed by atoms with Crippen LogP contribution in [0, 0.1) is 0 Å². The first kappa shape index (κ1) is 11.5. The lowest BCUT2D eigenvalue weighted by Crippen LogP contribution is -2.48. The third-order valence-corrected chi connectivity index (χ3v) is 1.79. The van der Waals surface area contributed by atoms with E-state index in [2.05, 4.69) is 0 Å². The Morgan fingerprint density at radius 3 is 2.13 bits per heavy atom. The van der Waals surface area contributed by atoms with Gasteiger partial charge in [-0.1, -0.05) is 18.2 Å². The monoisotopic (exact) mass is 212 g/mol. The highest BCUT2D eigenvalue weighted by Gasteiger charge is 2.42. The van der Waals surface area contributed by atoms with Crippen LogP contribution in [0.2, 0.25) is 0 Å². The van der Waals surface area contributed by atoms with E-state index in [0.717, 1.165) is 0 Å². The van der Waals surface area contributed by atoms with E-state index in [1.54, 1.807) is 30.3 Å². The molecule has 0 atom stereocenters. The molecule has 0 aromatic heterocycles. The number of aliphatic carboxylic acids is 1. The van der Waals surface area contributed by atoms with Crippen molar-refractivity contribution < 1.29 is 24.1 Å². The summed E-state index contributed by atoms with van der Waals surface area (Å²) in [4.78, 5) is 10.9. The Labute approximate surface area is 87.2 Å². The Hall–Kier alpha value is -1.59. The minimum Gasteiger partial charge on any atom is -0.474 e. The number of carboxylic acid groups (broad SMARTS) is 1. The van der Waals surface area contributed by atoms with Crippen LogP contribution in [0.3, 0.4) is 0 Å². The molecule has 0 aliphatic carbocycles. The van der Waals surface area contributed by atoms with Crippen LogP contribution in [0.1, 0.15) is 0 Å². The van der Waals surface area contributed by atoms with Crippen molar-refractivity contribution in [1.29, 1.82) is 0 Å². The molecule has 0 radical (unpaired) electrons. The number of hydrogen-bond acceptors (Lipinski definition) is 4. The quantitative estimate of drug-likeness (QED) is 0.740. The fourth-order valence-electron chi connectivity index (χ4n) is 1.03. The largest absolute Gasteiger partial charge is 0.474 e. The molecule has 82 valence electrons. The number of ether oxygens (including phenoxy) is 3. The van der Waals surface area contributed by atoms with Crippen LogP contribution in [-0.4, -0.2) is 31.3 Å². The molecule has 5 heteroatoms. The highest BCUT2D eigenvalue weighted by molar-refractivity contribution is 5.74. The van der Waals surface area contributed by atoms with Gasteiger partial charge < -0.3 is 19.3 Å². The number of hydrogen-bond donors (Lipinski definition) is 1. The van der Waals surface area contributed by atoms with Gasteiger partial charge in [-0.25, -0.2) is 4.79 Å². The minimum absolute atomic E-state index is 0.351. The van der Waals surface area contributed by atoms with E-state index >= 15 is 0 Å². The Bertz CT molecular complexity index is 318. The van der Waals surface area contributed by atoms with Gasteiger partial charge in [-0.15, -0.1) is 0 Å². The van der Waals surface area contributed by atoms with Crippen LogP contribution in [0.15, 0.2) is 30.3 Å². The van der Waals surface area contributed by atoms with Gasteiger partial charge in [-0.2, -0.15) is 0 Å². The molecule has 1 aromatic carbocycles. The zero-order chi connectivity index (χ0) is 11.3. The third-order valence-electron chi connectivity index (χ3n) is 1.79. The zero-order valence-electron chi connectivity index (χ0n) is 8.47. The number of benzene rings is 1. The Balaban J connectivity index is 2.89. The van der Waals surface area contributed by atoms with Gasteiger partial charge >= 0.3 is 11.9 Å². The summed E-state index contributed by atoms with van der Waals surface area (Å²) in [5.41, 5.74) is 0. The lowest BCUT2D eigenvalue weighted by atomic mass is 10.3. The molecule has 15 heavy (non-hydrogen) atoms. The van der Waals surface area contributed by atoms with E-state index < -0.39 is 11.9 Å². The number of para-hydroxylation sites is 1. The minimum atomic E-state index is -2.10. The van der Waals surface area contributed by atoms with Gasteiger partial charge in [0.25, 0.3) is 0 Å². The molecular formula is C10H12O5. The highest BCUT2D eigenvalue weighted by atomic mass is 16.9. The Kier molecular flexibility index (Phi) is 3.65. The molecule has 0 spiro atoms. The molecule has 1 N–H and O–H groups in total. The first-order valence-corrected chi connectivity index (χ1v) is 4.22. The Morgan fingerprint density at radius 2 is 1.73 bits per heavy atom.